The number of nitrogens with zero attached hydrogens (tertiary/aromatic N) is 3. The highest BCUT2D eigenvalue weighted by Gasteiger charge is 2.18. The van der Waals surface area contributed by atoms with E-state index in [2.05, 4.69) is 10.1 Å². The molecule has 3 heterocycles. The Hall–Kier alpha value is -3.42. The molecule has 0 saturated carbocycles. The van der Waals surface area contributed by atoms with E-state index >= 15 is 0 Å². The van der Waals surface area contributed by atoms with Gasteiger partial charge in [-0.1, -0.05) is 5.16 Å². The summed E-state index contributed by atoms with van der Waals surface area (Å²) in [6, 6.07) is 11.3. The van der Waals surface area contributed by atoms with Gasteiger partial charge in [-0.25, -0.2) is 0 Å². The fraction of sp³-hybridized carbons (Fsp3) is 0.222. The smallest absolute Gasteiger partial charge is 0.246 e. The maximum Gasteiger partial charge on any atom is 0.246 e. The number of ether oxygens (including phenoxy) is 4. The van der Waals surface area contributed by atoms with Crippen LogP contribution in [0, 0.1) is 0 Å². The van der Waals surface area contributed by atoms with E-state index in [9.17, 15) is 0 Å². The Kier molecular flexibility index (Phi) is 3.34. The fourth-order valence-corrected chi connectivity index (χ4v) is 2.89. The number of hydrogen-bond donors (Lipinski definition) is 0. The second kappa shape index (κ2) is 5.83. The van der Waals surface area contributed by atoms with E-state index < -0.39 is 0 Å². The number of anilines is 1. The van der Waals surface area contributed by atoms with E-state index in [1.54, 1.807) is 0 Å². The highest BCUT2D eigenvalue weighted by Crippen LogP contribution is 2.36. The Morgan fingerprint density at radius 2 is 1.58 bits per heavy atom. The number of aromatic nitrogens is 2. The molecule has 0 unspecified atom stereocenters. The van der Waals surface area contributed by atoms with Crippen LogP contribution < -0.4 is 23.8 Å². The maximum atomic E-state index is 5.42. The fourth-order valence-electron chi connectivity index (χ4n) is 2.89. The van der Waals surface area contributed by atoms with Crippen molar-refractivity contribution < 1.29 is 23.5 Å². The van der Waals surface area contributed by atoms with E-state index in [0.29, 0.717) is 24.0 Å². The van der Waals surface area contributed by atoms with Gasteiger partial charge in [0.25, 0.3) is 0 Å². The van der Waals surface area contributed by atoms with Crippen molar-refractivity contribution in [2.24, 2.45) is 0 Å². The van der Waals surface area contributed by atoms with Gasteiger partial charge < -0.3 is 28.4 Å². The Balaban J connectivity index is 1.34. The van der Waals surface area contributed by atoms with Crippen molar-refractivity contribution in [2.45, 2.75) is 6.54 Å². The van der Waals surface area contributed by atoms with Crippen LogP contribution in [-0.2, 0) is 6.54 Å². The first-order valence-electron chi connectivity index (χ1n) is 8.10. The van der Waals surface area contributed by atoms with Crippen molar-refractivity contribution in [2.75, 3.05) is 25.5 Å². The number of rotatable bonds is 4. The Morgan fingerprint density at radius 3 is 2.38 bits per heavy atom. The predicted molar refractivity (Wildman–Crippen MR) is 90.5 cm³/mol. The molecular formula is C18H15N3O5. The first-order valence-corrected chi connectivity index (χ1v) is 8.10. The molecule has 0 N–H and O–H groups in total. The molecule has 26 heavy (non-hydrogen) atoms. The molecule has 8 nitrogen and oxygen atoms in total. The van der Waals surface area contributed by atoms with Gasteiger partial charge in [0.1, 0.15) is 0 Å². The lowest BCUT2D eigenvalue weighted by atomic mass is 10.2. The molecule has 2 aliphatic heterocycles. The van der Waals surface area contributed by atoms with Crippen molar-refractivity contribution in [3.63, 3.8) is 0 Å². The first-order chi connectivity index (χ1) is 12.8. The Morgan fingerprint density at radius 1 is 0.885 bits per heavy atom. The summed E-state index contributed by atoms with van der Waals surface area (Å²) >= 11 is 0. The number of benzene rings is 2. The van der Waals surface area contributed by atoms with Gasteiger partial charge in [-0.15, -0.1) is 0 Å². The van der Waals surface area contributed by atoms with Crippen LogP contribution in [0.15, 0.2) is 40.9 Å². The molecule has 1 aromatic heterocycles. The van der Waals surface area contributed by atoms with Crippen LogP contribution in [0.2, 0.25) is 0 Å². The second-order valence-corrected chi connectivity index (χ2v) is 5.97. The summed E-state index contributed by atoms with van der Waals surface area (Å²) in [6.45, 7) is 0.957. The van der Waals surface area contributed by atoms with Crippen LogP contribution in [0.1, 0.15) is 5.89 Å². The Bertz CT molecular complexity index is 971. The molecule has 0 amide bonds. The van der Waals surface area contributed by atoms with Crippen molar-refractivity contribution in [3.05, 3.63) is 42.3 Å². The van der Waals surface area contributed by atoms with Gasteiger partial charge in [-0.2, -0.15) is 4.98 Å². The van der Waals surface area contributed by atoms with Crippen LogP contribution in [0.4, 0.5) is 5.69 Å². The summed E-state index contributed by atoms with van der Waals surface area (Å²) in [4.78, 5) is 6.47. The average Bonchev–Trinajstić information content (AvgIpc) is 3.40. The highest BCUT2D eigenvalue weighted by atomic mass is 16.7. The molecule has 2 aromatic carbocycles. The summed E-state index contributed by atoms with van der Waals surface area (Å²) in [7, 11) is 1.95. The molecule has 0 saturated heterocycles. The monoisotopic (exact) mass is 353 g/mol. The molecule has 0 aliphatic carbocycles. The molecule has 5 rings (SSSR count). The van der Waals surface area contributed by atoms with Crippen LogP contribution in [0.5, 0.6) is 23.0 Å². The molecule has 132 valence electrons. The molecule has 0 fully saturated rings. The molecule has 0 bridgehead atoms. The molecule has 2 aliphatic rings. The zero-order chi connectivity index (χ0) is 17.5. The lowest BCUT2D eigenvalue weighted by molar-refractivity contribution is 0.173. The third kappa shape index (κ3) is 2.55. The lowest BCUT2D eigenvalue weighted by Crippen LogP contribution is -2.16. The Labute approximate surface area is 148 Å². The van der Waals surface area contributed by atoms with Gasteiger partial charge in [0, 0.05) is 24.4 Å². The summed E-state index contributed by atoms with van der Waals surface area (Å²) in [6.07, 6.45) is 0. The van der Waals surface area contributed by atoms with Crippen molar-refractivity contribution in [1.82, 2.24) is 10.1 Å². The molecule has 0 atom stereocenters. The van der Waals surface area contributed by atoms with Gasteiger partial charge in [0.05, 0.1) is 6.54 Å². The lowest BCUT2D eigenvalue weighted by Gasteiger charge is -2.17. The number of fused-ring (bicyclic) bond motifs is 2. The topological polar surface area (TPSA) is 79.1 Å². The van der Waals surface area contributed by atoms with Crippen LogP contribution in [0.25, 0.3) is 11.4 Å². The third-order valence-electron chi connectivity index (χ3n) is 4.27. The largest absolute Gasteiger partial charge is 0.454 e. The van der Waals surface area contributed by atoms with E-state index in [1.807, 2.05) is 48.3 Å². The normalized spacial score (nSPS) is 13.9. The minimum absolute atomic E-state index is 0.233. The first kappa shape index (κ1) is 14.9. The van der Waals surface area contributed by atoms with Gasteiger partial charge in [0.15, 0.2) is 23.0 Å². The van der Waals surface area contributed by atoms with E-state index in [0.717, 1.165) is 28.5 Å². The predicted octanol–water partition coefficient (Wildman–Crippen LogP) is 2.83. The van der Waals surface area contributed by atoms with E-state index in [-0.39, 0.29) is 13.6 Å². The minimum atomic E-state index is 0.233. The molecule has 0 radical (unpaired) electrons. The van der Waals surface area contributed by atoms with Crippen LogP contribution in [0.3, 0.4) is 0 Å². The molecule has 8 heteroatoms. The van der Waals surface area contributed by atoms with E-state index in [4.69, 9.17) is 23.5 Å². The summed E-state index contributed by atoms with van der Waals surface area (Å²) in [5, 5.41) is 4.06. The number of hydrogen-bond acceptors (Lipinski definition) is 8. The van der Waals surface area contributed by atoms with Gasteiger partial charge in [-0.3, -0.25) is 0 Å². The molecule has 3 aromatic rings. The van der Waals surface area contributed by atoms with Crippen molar-refractivity contribution >= 4 is 5.69 Å². The summed E-state index contributed by atoms with van der Waals surface area (Å²) in [5.41, 5.74) is 1.78. The van der Waals surface area contributed by atoms with Gasteiger partial charge in [0.2, 0.25) is 25.3 Å². The summed E-state index contributed by atoms with van der Waals surface area (Å²) in [5.74, 6) is 3.92. The van der Waals surface area contributed by atoms with Crippen molar-refractivity contribution in [3.8, 4) is 34.4 Å². The maximum absolute atomic E-state index is 5.42. The van der Waals surface area contributed by atoms with Gasteiger partial charge in [-0.05, 0) is 30.3 Å². The molecular weight excluding hydrogens is 338 g/mol. The second-order valence-electron chi connectivity index (χ2n) is 5.97. The van der Waals surface area contributed by atoms with Crippen LogP contribution >= 0.6 is 0 Å². The minimum Gasteiger partial charge on any atom is -0.454 e. The molecule has 0 spiro atoms. The zero-order valence-electron chi connectivity index (χ0n) is 14.0. The standard InChI is InChI=1S/C18H15N3O5/c1-21(12-3-5-14-16(7-12)25-10-23-14)8-17-19-18(20-26-17)11-2-4-13-15(6-11)24-9-22-13/h2-7H,8-10H2,1H3. The van der Waals surface area contributed by atoms with Crippen molar-refractivity contribution in [1.29, 1.82) is 0 Å². The average molecular weight is 353 g/mol. The van der Waals surface area contributed by atoms with E-state index in [1.165, 1.54) is 0 Å². The quantitative estimate of drug-likeness (QED) is 0.708. The summed E-state index contributed by atoms with van der Waals surface area (Å²) < 4.78 is 26.8. The SMILES string of the molecule is CN(Cc1nc(-c2ccc3c(c2)OCO3)no1)c1ccc2c(c1)OCO2. The van der Waals surface area contributed by atoms with Crippen LogP contribution in [-0.4, -0.2) is 30.8 Å². The third-order valence-corrected chi connectivity index (χ3v) is 4.27. The zero-order valence-corrected chi connectivity index (χ0v) is 14.0. The van der Waals surface area contributed by atoms with Gasteiger partial charge >= 0.3 is 0 Å². The highest BCUT2D eigenvalue weighted by molar-refractivity contribution is 5.61.